The van der Waals surface area contributed by atoms with Crippen LogP contribution in [0.15, 0.2) is 16.6 Å². The van der Waals surface area contributed by atoms with Gasteiger partial charge in [0.15, 0.2) is 11.6 Å². The number of hydrogen-bond acceptors (Lipinski definition) is 1. The lowest BCUT2D eigenvalue weighted by atomic mass is 10.1. The maximum absolute atomic E-state index is 12.9. The van der Waals surface area contributed by atoms with Crippen LogP contribution in [0.2, 0.25) is 0 Å². The highest BCUT2D eigenvalue weighted by Gasteiger charge is 2.14. The Labute approximate surface area is 83.1 Å². The lowest BCUT2D eigenvalue weighted by molar-refractivity contribution is 0.502. The van der Waals surface area contributed by atoms with Crippen LogP contribution in [0.25, 0.3) is 0 Å². The van der Waals surface area contributed by atoms with Crippen LogP contribution in [0, 0.1) is 24.0 Å². The van der Waals surface area contributed by atoms with Crippen LogP contribution in [-0.4, -0.2) is 0 Å². The molecule has 0 bridgehead atoms. The molecule has 0 aliphatic heterocycles. The summed E-state index contributed by atoms with van der Waals surface area (Å²) in [6, 6.07) is 1.61. The number of hydrogen-bond donors (Lipinski definition) is 1. The molecule has 0 heterocycles. The number of nitrogens with two attached hydrogens (primary N) is 1. The second kappa shape index (κ2) is 3.86. The molecule has 0 saturated carbocycles. The number of halogens is 3. The first kappa shape index (κ1) is 10.2. The molecule has 1 rings (SSSR count). The molecule has 1 unspecified atom stereocenters. The van der Waals surface area contributed by atoms with E-state index < -0.39 is 17.7 Å². The van der Waals surface area contributed by atoms with Gasteiger partial charge in [0.25, 0.3) is 0 Å². The van der Waals surface area contributed by atoms with Gasteiger partial charge in [0.2, 0.25) is 0 Å². The second-order valence-corrected chi connectivity index (χ2v) is 3.20. The molecular formula is C9H6BrF2N. The fourth-order valence-corrected chi connectivity index (χ4v) is 1.44. The van der Waals surface area contributed by atoms with E-state index in [1.165, 1.54) is 6.07 Å². The standard InChI is InChI=1S/C9H6BrF2N/c1-2-7(13)5-3-4-6(11)9(12)8(5)10/h1,3-4,7H,13H2. The Morgan fingerprint density at radius 1 is 1.46 bits per heavy atom. The summed E-state index contributed by atoms with van der Waals surface area (Å²) in [5.41, 5.74) is 5.82. The summed E-state index contributed by atoms with van der Waals surface area (Å²) in [5.74, 6) is 0.327. The fourth-order valence-electron chi connectivity index (χ4n) is 0.871. The monoisotopic (exact) mass is 245 g/mol. The minimum absolute atomic E-state index is 0.0158. The second-order valence-electron chi connectivity index (χ2n) is 2.41. The lowest BCUT2D eigenvalue weighted by Gasteiger charge is -2.08. The number of terminal acetylenes is 1. The van der Waals surface area contributed by atoms with Crippen LogP contribution in [-0.2, 0) is 0 Å². The highest BCUT2D eigenvalue weighted by molar-refractivity contribution is 9.10. The zero-order chi connectivity index (χ0) is 10.0. The molecule has 0 radical (unpaired) electrons. The predicted molar refractivity (Wildman–Crippen MR) is 49.8 cm³/mol. The molecular weight excluding hydrogens is 240 g/mol. The van der Waals surface area contributed by atoms with E-state index in [0.717, 1.165) is 6.07 Å². The van der Waals surface area contributed by atoms with Gasteiger partial charge >= 0.3 is 0 Å². The quantitative estimate of drug-likeness (QED) is 0.597. The van der Waals surface area contributed by atoms with E-state index in [2.05, 4.69) is 21.9 Å². The third kappa shape index (κ3) is 1.87. The largest absolute Gasteiger partial charge is 0.314 e. The Morgan fingerprint density at radius 3 is 2.62 bits per heavy atom. The van der Waals surface area contributed by atoms with E-state index in [-0.39, 0.29) is 4.47 Å². The highest BCUT2D eigenvalue weighted by atomic mass is 79.9. The van der Waals surface area contributed by atoms with Crippen molar-refractivity contribution in [2.24, 2.45) is 5.73 Å². The molecule has 1 nitrogen and oxygen atoms in total. The Morgan fingerprint density at radius 2 is 2.08 bits per heavy atom. The molecule has 1 aromatic rings. The summed E-state index contributed by atoms with van der Waals surface area (Å²) in [6.07, 6.45) is 5.05. The van der Waals surface area contributed by atoms with Crippen LogP contribution in [0.5, 0.6) is 0 Å². The molecule has 0 saturated heterocycles. The Hall–Kier alpha value is -0.920. The molecule has 1 atom stereocenters. The maximum Gasteiger partial charge on any atom is 0.173 e. The molecule has 1 aromatic carbocycles. The van der Waals surface area contributed by atoms with Gasteiger partial charge < -0.3 is 5.73 Å². The normalized spacial score (nSPS) is 12.2. The minimum Gasteiger partial charge on any atom is -0.314 e. The van der Waals surface area contributed by atoms with Crippen molar-refractivity contribution < 1.29 is 8.78 Å². The van der Waals surface area contributed by atoms with E-state index in [1.807, 2.05) is 0 Å². The zero-order valence-electron chi connectivity index (χ0n) is 6.52. The molecule has 13 heavy (non-hydrogen) atoms. The van der Waals surface area contributed by atoms with Crippen molar-refractivity contribution >= 4 is 15.9 Å². The summed E-state index contributed by atoms with van der Waals surface area (Å²) in [4.78, 5) is 0. The molecule has 68 valence electrons. The van der Waals surface area contributed by atoms with Crippen LogP contribution in [0.3, 0.4) is 0 Å². The van der Waals surface area contributed by atoms with Crippen molar-refractivity contribution in [3.63, 3.8) is 0 Å². The minimum atomic E-state index is -0.969. The third-order valence-electron chi connectivity index (χ3n) is 1.58. The van der Waals surface area contributed by atoms with Crippen molar-refractivity contribution in [1.29, 1.82) is 0 Å². The van der Waals surface area contributed by atoms with Gasteiger partial charge in [0.1, 0.15) is 0 Å². The molecule has 0 aromatic heterocycles. The van der Waals surface area contributed by atoms with E-state index in [9.17, 15) is 8.78 Å². The van der Waals surface area contributed by atoms with Gasteiger partial charge in [0, 0.05) is 0 Å². The molecule has 4 heteroatoms. The van der Waals surface area contributed by atoms with Crippen molar-refractivity contribution in [2.45, 2.75) is 6.04 Å². The number of benzene rings is 1. The SMILES string of the molecule is C#CC(N)c1ccc(F)c(F)c1Br. The van der Waals surface area contributed by atoms with Gasteiger partial charge in [-0.25, -0.2) is 8.78 Å². The molecule has 0 amide bonds. The van der Waals surface area contributed by atoms with Gasteiger partial charge in [-0.05, 0) is 27.6 Å². The van der Waals surface area contributed by atoms with Gasteiger partial charge in [-0.1, -0.05) is 12.0 Å². The Balaban J connectivity index is 3.28. The molecule has 2 N–H and O–H groups in total. The summed E-state index contributed by atoms with van der Waals surface area (Å²) >= 11 is 2.88. The summed E-state index contributed by atoms with van der Waals surface area (Å²) in [7, 11) is 0. The Kier molecular flexibility index (Phi) is 3.02. The first-order chi connectivity index (χ1) is 6.07. The highest BCUT2D eigenvalue weighted by Crippen LogP contribution is 2.26. The predicted octanol–water partition coefficient (Wildman–Crippen LogP) is 2.36. The molecule has 0 fully saturated rings. The summed E-state index contributed by atoms with van der Waals surface area (Å²) in [6.45, 7) is 0. The van der Waals surface area contributed by atoms with Gasteiger partial charge in [-0.15, -0.1) is 6.42 Å². The maximum atomic E-state index is 12.9. The lowest BCUT2D eigenvalue weighted by Crippen LogP contribution is -2.09. The summed E-state index contributed by atoms with van der Waals surface area (Å²) in [5, 5.41) is 0. The van der Waals surface area contributed by atoms with Gasteiger partial charge in [0.05, 0.1) is 10.5 Å². The molecule has 0 aliphatic rings. The van der Waals surface area contributed by atoms with Crippen LogP contribution in [0.4, 0.5) is 8.78 Å². The summed E-state index contributed by atoms with van der Waals surface area (Å²) < 4.78 is 25.6. The van der Waals surface area contributed by atoms with Gasteiger partial charge in [-0.3, -0.25) is 0 Å². The van der Waals surface area contributed by atoms with E-state index in [0.29, 0.717) is 5.56 Å². The van der Waals surface area contributed by atoms with E-state index in [1.54, 1.807) is 0 Å². The first-order valence-electron chi connectivity index (χ1n) is 3.43. The molecule has 0 aliphatic carbocycles. The fraction of sp³-hybridized carbons (Fsp3) is 0.111. The average Bonchev–Trinajstić information content (AvgIpc) is 2.13. The smallest absolute Gasteiger partial charge is 0.173 e. The Bertz CT molecular complexity index is 371. The van der Waals surface area contributed by atoms with E-state index >= 15 is 0 Å². The van der Waals surface area contributed by atoms with Crippen molar-refractivity contribution in [3.8, 4) is 12.3 Å². The van der Waals surface area contributed by atoms with Crippen molar-refractivity contribution in [3.05, 3.63) is 33.8 Å². The third-order valence-corrected chi connectivity index (χ3v) is 2.39. The topological polar surface area (TPSA) is 26.0 Å². The zero-order valence-corrected chi connectivity index (χ0v) is 8.11. The van der Waals surface area contributed by atoms with Crippen LogP contribution < -0.4 is 5.73 Å². The van der Waals surface area contributed by atoms with Crippen LogP contribution >= 0.6 is 15.9 Å². The first-order valence-corrected chi connectivity index (χ1v) is 4.22. The van der Waals surface area contributed by atoms with E-state index in [4.69, 9.17) is 12.2 Å². The number of rotatable bonds is 1. The van der Waals surface area contributed by atoms with Crippen molar-refractivity contribution in [2.75, 3.05) is 0 Å². The average molecular weight is 246 g/mol. The van der Waals surface area contributed by atoms with Gasteiger partial charge in [-0.2, -0.15) is 0 Å². The molecule has 0 spiro atoms. The van der Waals surface area contributed by atoms with Crippen molar-refractivity contribution in [1.82, 2.24) is 0 Å². The van der Waals surface area contributed by atoms with Crippen LogP contribution in [0.1, 0.15) is 11.6 Å².